The van der Waals surface area contributed by atoms with Crippen LogP contribution >= 0.6 is 0 Å². The van der Waals surface area contributed by atoms with Crippen LogP contribution in [0.1, 0.15) is 41.5 Å². The van der Waals surface area contributed by atoms with Gasteiger partial charge in [0.2, 0.25) is 11.9 Å². The van der Waals surface area contributed by atoms with E-state index in [1.165, 1.54) is 0 Å². The van der Waals surface area contributed by atoms with Crippen molar-refractivity contribution in [2.75, 3.05) is 17.7 Å². The van der Waals surface area contributed by atoms with Crippen molar-refractivity contribution in [3.63, 3.8) is 0 Å². The minimum atomic E-state index is 0.0313. The van der Waals surface area contributed by atoms with Gasteiger partial charge in [0.1, 0.15) is 0 Å². The predicted molar refractivity (Wildman–Crippen MR) is 80.1 cm³/mol. The first-order valence-corrected chi connectivity index (χ1v) is 7.05. The number of anilines is 2. The lowest BCUT2D eigenvalue weighted by molar-refractivity contribution is 0.222. The van der Waals surface area contributed by atoms with Crippen molar-refractivity contribution in [2.24, 2.45) is 10.8 Å². The molecule has 0 aromatic carbocycles. The highest BCUT2D eigenvalue weighted by Crippen LogP contribution is 2.63. The molecule has 1 fully saturated rings. The van der Waals surface area contributed by atoms with Crippen LogP contribution in [0.3, 0.4) is 0 Å². The number of rotatable bonds is 5. The van der Waals surface area contributed by atoms with Crippen LogP contribution in [0.25, 0.3) is 0 Å². The van der Waals surface area contributed by atoms with Gasteiger partial charge in [-0.3, -0.25) is 0 Å². The lowest BCUT2D eigenvalue weighted by Crippen LogP contribution is -2.16. The summed E-state index contributed by atoms with van der Waals surface area (Å²) in [6.45, 7) is 12.9. The zero-order chi connectivity index (χ0) is 15.1. The minimum absolute atomic E-state index is 0.0313. The maximum atomic E-state index is 5.56. The van der Waals surface area contributed by atoms with Crippen molar-refractivity contribution < 1.29 is 4.74 Å². The van der Waals surface area contributed by atoms with E-state index >= 15 is 0 Å². The fraction of sp³-hybridized carbons (Fsp3) is 0.786. The summed E-state index contributed by atoms with van der Waals surface area (Å²) < 4.78 is 5.56. The van der Waals surface area contributed by atoms with Crippen LogP contribution in [-0.2, 0) is 0 Å². The number of aromatic nitrogens is 3. The number of nitrogens with zero attached hydrogens (tertiary/aromatic N) is 3. The van der Waals surface area contributed by atoms with Crippen molar-refractivity contribution >= 4 is 11.9 Å². The fourth-order valence-electron chi connectivity index (χ4n) is 2.48. The first-order chi connectivity index (χ1) is 9.18. The second-order valence-electron chi connectivity index (χ2n) is 6.70. The summed E-state index contributed by atoms with van der Waals surface area (Å²) in [5.41, 5.74) is 0.441. The summed E-state index contributed by atoms with van der Waals surface area (Å²) >= 11 is 0. The van der Waals surface area contributed by atoms with Gasteiger partial charge in [-0.05, 0) is 24.7 Å². The molecule has 0 spiro atoms. The molecule has 2 rings (SSSR count). The Bertz CT molecular complexity index is 484. The Balaban J connectivity index is 2.20. The zero-order valence-electron chi connectivity index (χ0n) is 13.4. The van der Waals surface area contributed by atoms with Crippen molar-refractivity contribution in [3.05, 3.63) is 0 Å². The standard InChI is InChI=1S/C14H25N5O/c1-8(2)20-12-18-10(15-7)17-11(19-12)16-9-13(3,4)14(9,5)6/h8-9H,1-7H3,(H2,15,16,17,18,19). The number of nitrogens with one attached hydrogen (secondary N) is 2. The largest absolute Gasteiger partial charge is 0.461 e. The van der Waals surface area contributed by atoms with Crippen LogP contribution in [0.2, 0.25) is 0 Å². The highest BCUT2D eigenvalue weighted by molar-refractivity contribution is 5.41. The maximum absolute atomic E-state index is 5.56. The van der Waals surface area contributed by atoms with Gasteiger partial charge in [0, 0.05) is 13.1 Å². The summed E-state index contributed by atoms with van der Waals surface area (Å²) in [5, 5.41) is 6.34. The van der Waals surface area contributed by atoms with Crippen molar-refractivity contribution in [3.8, 4) is 6.01 Å². The molecule has 0 amide bonds. The van der Waals surface area contributed by atoms with E-state index in [9.17, 15) is 0 Å². The highest BCUT2D eigenvalue weighted by atomic mass is 16.5. The molecule has 0 radical (unpaired) electrons. The van der Waals surface area contributed by atoms with Gasteiger partial charge in [-0.25, -0.2) is 0 Å². The van der Waals surface area contributed by atoms with Gasteiger partial charge in [-0.2, -0.15) is 15.0 Å². The lowest BCUT2D eigenvalue weighted by Gasteiger charge is -2.12. The molecule has 0 bridgehead atoms. The van der Waals surface area contributed by atoms with Gasteiger partial charge in [0.15, 0.2) is 0 Å². The Morgan fingerprint density at radius 3 is 2.00 bits per heavy atom. The molecular formula is C14H25N5O. The fourth-order valence-corrected chi connectivity index (χ4v) is 2.48. The van der Waals surface area contributed by atoms with Crippen LogP contribution in [0.15, 0.2) is 0 Å². The zero-order valence-corrected chi connectivity index (χ0v) is 13.4. The van der Waals surface area contributed by atoms with Gasteiger partial charge in [0.25, 0.3) is 0 Å². The van der Waals surface area contributed by atoms with E-state index < -0.39 is 0 Å². The topological polar surface area (TPSA) is 72.0 Å². The summed E-state index contributed by atoms with van der Waals surface area (Å²) in [6, 6.07) is 0.687. The first kappa shape index (κ1) is 14.8. The van der Waals surface area contributed by atoms with E-state index in [1.54, 1.807) is 7.05 Å². The van der Waals surface area contributed by atoms with Crippen molar-refractivity contribution in [1.82, 2.24) is 15.0 Å². The van der Waals surface area contributed by atoms with Crippen LogP contribution in [0.5, 0.6) is 6.01 Å². The van der Waals surface area contributed by atoms with E-state index in [1.807, 2.05) is 13.8 Å². The molecule has 0 aliphatic heterocycles. The molecule has 1 aromatic heterocycles. The molecule has 1 aliphatic rings. The number of hydrogen-bond donors (Lipinski definition) is 2. The van der Waals surface area contributed by atoms with Gasteiger partial charge < -0.3 is 15.4 Å². The molecule has 0 saturated heterocycles. The van der Waals surface area contributed by atoms with E-state index in [4.69, 9.17) is 4.74 Å². The summed E-state index contributed by atoms with van der Waals surface area (Å²) in [6.07, 6.45) is 0.0313. The third-order valence-corrected chi connectivity index (χ3v) is 4.47. The second-order valence-corrected chi connectivity index (χ2v) is 6.70. The Morgan fingerprint density at radius 1 is 1.00 bits per heavy atom. The average Bonchev–Trinajstić information content (AvgIpc) is 2.70. The Labute approximate surface area is 120 Å². The second kappa shape index (κ2) is 4.75. The summed E-state index contributed by atoms with van der Waals surface area (Å²) in [5.74, 6) is 1.07. The molecule has 1 aromatic rings. The summed E-state index contributed by atoms with van der Waals surface area (Å²) in [7, 11) is 1.78. The smallest absolute Gasteiger partial charge is 0.323 e. The van der Waals surface area contributed by atoms with E-state index in [0.717, 1.165) is 0 Å². The maximum Gasteiger partial charge on any atom is 0.323 e. The third kappa shape index (κ3) is 2.51. The van der Waals surface area contributed by atoms with Crippen LogP contribution in [0, 0.1) is 10.8 Å². The van der Waals surface area contributed by atoms with Gasteiger partial charge in [-0.1, -0.05) is 27.7 Å². The van der Waals surface area contributed by atoms with Gasteiger partial charge in [-0.15, -0.1) is 0 Å². The molecule has 6 nitrogen and oxygen atoms in total. The molecule has 112 valence electrons. The van der Waals surface area contributed by atoms with Crippen LogP contribution in [0.4, 0.5) is 11.9 Å². The molecule has 1 heterocycles. The molecule has 20 heavy (non-hydrogen) atoms. The molecule has 0 unspecified atom stereocenters. The van der Waals surface area contributed by atoms with Crippen LogP contribution < -0.4 is 15.4 Å². The minimum Gasteiger partial charge on any atom is -0.461 e. The highest BCUT2D eigenvalue weighted by Gasteiger charge is 2.65. The molecule has 1 aliphatic carbocycles. The Kier molecular flexibility index (Phi) is 3.52. The van der Waals surface area contributed by atoms with E-state index in [-0.39, 0.29) is 16.9 Å². The number of ether oxygens (including phenoxy) is 1. The summed E-state index contributed by atoms with van der Waals surface area (Å²) in [4.78, 5) is 12.9. The Morgan fingerprint density at radius 2 is 1.55 bits per heavy atom. The van der Waals surface area contributed by atoms with Crippen LogP contribution in [-0.4, -0.2) is 34.1 Å². The quantitative estimate of drug-likeness (QED) is 0.863. The SMILES string of the molecule is CNc1nc(NC2C(C)(C)C2(C)C)nc(OC(C)C)n1. The van der Waals surface area contributed by atoms with E-state index in [2.05, 4.69) is 53.3 Å². The normalized spacial score (nSPS) is 19.8. The Hall–Kier alpha value is -1.59. The van der Waals surface area contributed by atoms with Crippen molar-refractivity contribution in [2.45, 2.75) is 53.7 Å². The third-order valence-electron chi connectivity index (χ3n) is 4.47. The van der Waals surface area contributed by atoms with Crippen molar-refractivity contribution in [1.29, 1.82) is 0 Å². The van der Waals surface area contributed by atoms with Gasteiger partial charge >= 0.3 is 6.01 Å². The molecule has 1 saturated carbocycles. The predicted octanol–water partition coefficient (Wildman–Crippen LogP) is 2.55. The molecule has 2 N–H and O–H groups in total. The van der Waals surface area contributed by atoms with E-state index in [0.29, 0.717) is 23.9 Å². The average molecular weight is 279 g/mol. The molecule has 6 heteroatoms. The van der Waals surface area contributed by atoms with Gasteiger partial charge in [0.05, 0.1) is 6.10 Å². The first-order valence-electron chi connectivity index (χ1n) is 7.05. The monoisotopic (exact) mass is 279 g/mol. The number of hydrogen-bond acceptors (Lipinski definition) is 6. The molecular weight excluding hydrogens is 254 g/mol. The lowest BCUT2D eigenvalue weighted by atomic mass is 10.0. The molecule has 0 atom stereocenters.